The van der Waals surface area contributed by atoms with Crippen LogP contribution in [0, 0.1) is 0 Å². The Morgan fingerprint density at radius 2 is 1.75 bits per heavy atom. The predicted molar refractivity (Wildman–Crippen MR) is 81.5 cm³/mol. The summed E-state index contributed by atoms with van der Waals surface area (Å²) in [6.45, 7) is 1.78. The number of rotatable bonds is 5. The molecule has 0 aromatic heterocycles. The topological polar surface area (TPSA) is 57.7 Å². The van der Waals surface area contributed by atoms with Crippen molar-refractivity contribution in [2.75, 3.05) is 24.7 Å². The molecule has 0 saturated heterocycles. The number of halogens is 1. The third-order valence-corrected chi connectivity index (χ3v) is 4.27. The summed E-state index contributed by atoms with van der Waals surface area (Å²) in [5, 5.41) is 0.509. The number of sulfonamides is 1. The molecule has 0 aliphatic carbocycles. The van der Waals surface area contributed by atoms with Crippen LogP contribution in [0.1, 0.15) is 13.3 Å². The minimum absolute atomic E-state index is 0.257. The van der Waals surface area contributed by atoms with Gasteiger partial charge in [0.05, 0.1) is 11.9 Å². The molecule has 1 aromatic rings. The molecule has 20 heavy (non-hydrogen) atoms. The van der Waals surface area contributed by atoms with Crippen molar-refractivity contribution >= 4 is 33.2 Å². The molecule has 1 rings (SSSR count). The quantitative estimate of drug-likeness (QED) is 0.834. The largest absolute Gasteiger partial charge is 0.347 e. The van der Waals surface area contributed by atoms with Gasteiger partial charge in [-0.25, -0.2) is 8.42 Å². The minimum atomic E-state index is -3.58. The Kier molecular flexibility index (Phi) is 5.42. The SMILES string of the molecule is CC[C@@H](C(=O)N(C)C)N(c1ccc(Cl)cc1)S(C)(=O)=O. The first-order valence-electron chi connectivity index (χ1n) is 6.14. The first-order valence-corrected chi connectivity index (χ1v) is 8.37. The summed E-state index contributed by atoms with van der Waals surface area (Å²) >= 11 is 5.81. The van der Waals surface area contributed by atoms with E-state index in [9.17, 15) is 13.2 Å². The van der Waals surface area contributed by atoms with Crippen LogP contribution in [0.4, 0.5) is 5.69 Å². The van der Waals surface area contributed by atoms with E-state index >= 15 is 0 Å². The van der Waals surface area contributed by atoms with E-state index in [4.69, 9.17) is 11.6 Å². The lowest BCUT2D eigenvalue weighted by molar-refractivity contribution is -0.129. The van der Waals surface area contributed by atoms with Crippen molar-refractivity contribution in [2.45, 2.75) is 19.4 Å². The predicted octanol–water partition coefficient (Wildman–Crippen LogP) is 1.97. The van der Waals surface area contributed by atoms with E-state index in [0.29, 0.717) is 17.1 Å². The van der Waals surface area contributed by atoms with Gasteiger partial charge in [-0.1, -0.05) is 18.5 Å². The van der Waals surface area contributed by atoms with E-state index in [1.165, 1.54) is 4.90 Å². The minimum Gasteiger partial charge on any atom is -0.347 e. The van der Waals surface area contributed by atoms with E-state index in [-0.39, 0.29) is 5.91 Å². The van der Waals surface area contributed by atoms with E-state index in [1.807, 2.05) is 0 Å². The lowest BCUT2D eigenvalue weighted by atomic mass is 10.2. The van der Waals surface area contributed by atoms with Crippen LogP contribution < -0.4 is 4.31 Å². The van der Waals surface area contributed by atoms with Gasteiger partial charge in [-0.15, -0.1) is 0 Å². The second-order valence-corrected chi connectivity index (χ2v) is 6.99. The van der Waals surface area contributed by atoms with Crippen molar-refractivity contribution in [1.29, 1.82) is 0 Å². The van der Waals surface area contributed by atoms with Crippen molar-refractivity contribution < 1.29 is 13.2 Å². The number of amides is 1. The Morgan fingerprint density at radius 3 is 2.10 bits per heavy atom. The number of anilines is 1. The zero-order valence-electron chi connectivity index (χ0n) is 12.0. The highest BCUT2D eigenvalue weighted by Crippen LogP contribution is 2.24. The molecule has 0 fully saturated rings. The molecule has 5 nitrogen and oxygen atoms in total. The molecule has 0 unspecified atom stereocenters. The summed E-state index contributed by atoms with van der Waals surface area (Å²) in [6.07, 6.45) is 1.47. The highest BCUT2D eigenvalue weighted by molar-refractivity contribution is 7.92. The number of likely N-dealkylation sites (N-methyl/N-ethyl adjacent to an activating group) is 1. The Balaban J connectivity index is 3.32. The van der Waals surface area contributed by atoms with Gasteiger partial charge in [0.15, 0.2) is 0 Å². The molecule has 112 valence electrons. The number of benzene rings is 1. The highest BCUT2D eigenvalue weighted by atomic mass is 35.5. The molecule has 0 heterocycles. The standard InChI is InChI=1S/C13H19ClN2O3S/c1-5-12(13(17)15(2)3)16(20(4,18)19)11-8-6-10(14)7-9-11/h6-9,12H,5H2,1-4H3/t12-/m0/s1. The molecule has 7 heteroatoms. The summed E-state index contributed by atoms with van der Waals surface area (Å²) in [5.74, 6) is -0.257. The van der Waals surface area contributed by atoms with Crippen LogP contribution in [-0.2, 0) is 14.8 Å². The summed E-state index contributed by atoms with van der Waals surface area (Å²) in [7, 11) is -0.369. The van der Waals surface area contributed by atoms with Crippen molar-refractivity contribution in [3.63, 3.8) is 0 Å². The highest BCUT2D eigenvalue weighted by Gasteiger charge is 2.32. The van der Waals surface area contributed by atoms with Crippen LogP contribution in [0.25, 0.3) is 0 Å². The van der Waals surface area contributed by atoms with Gasteiger partial charge in [-0.3, -0.25) is 9.10 Å². The molecule has 1 aromatic carbocycles. The van der Waals surface area contributed by atoms with Gasteiger partial charge in [0.1, 0.15) is 6.04 Å². The first-order chi connectivity index (χ1) is 9.18. The fraction of sp³-hybridized carbons (Fsp3) is 0.462. The molecule has 0 aliphatic heterocycles. The zero-order valence-corrected chi connectivity index (χ0v) is 13.6. The van der Waals surface area contributed by atoms with Gasteiger partial charge < -0.3 is 4.90 Å². The third-order valence-electron chi connectivity index (χ3n) is 2.83. The molecule has 0 saturated carbocycles. The van der Waals surface area contributed by atoms with Crippen LogP contribution in [0.2, 0.25) is 5.02 Å². The fourth-order valence-electron chi connectivity index (χ4n) is 1.93. The van der Waals surface area contributed by atoms with E-state index in [2.05, 4.69) is 0 Å². The summed E-state index contributed by atoms with van der Waals surface area (Å²) in [5.41, 5.74) is 0.430. The molecule has 0 N–H and O–H groups in total. The number of nitrogens with zero attached hydrogens (tertiary/aromatic N) is 2. The van der Waals surface area contributed by atoms with Crippen LogP contribution in [0.15, 0.2) is 24.3 Å². The summed E-state index contributed by atoms with van der Waals surface area (Å²) < 4.78 is 25.3. The normalized spacial score (nSPS) is 12.8. The van der Waals surface area contributed by atoms with Crippen LogP contribution in [-0.4, -0.2) is 45.6 Å². The summed E-state index contributed by atoms with van der Waals surface area (Å²) in [6, 6.07) is 5.62. The molecule has 0 radical (unpaired) electrons. The summed E-state index contributed by atoms with van der Waals surface area (Å²) in [4.78, 5) is 13.6. The Labute approximate surface area is 125 Å². The molecule has 0 bridgehead atoms. The zero-order chi connectivity index (χ0) is 15.5. The van der Waals surface area contributed by atoms with Gasteiger partial charge in [0.2, 0.25) is 15.9 Å². The van der Waals surface area contributed by atoms with Gasteiger partial charge in [0.25, 0.3) is 0 Å². The molecule has 1 amide bonds. The van der Waals surface area contributed by atoms with Gasteiger partial charge in [0, 0.05) is 19.1 Å². The molecular weight excluding hydrogens is 300 g/mol. The Bertz CT molecular complexity index is 570. The van der Waals surface area contributed by atoms with Gasteiger partial charge in [-0.2, -0.15) is 0 Å². The van der Waals surface area contributed by atoms with Gasteiger partial charge in [-0.05, 0) is 30.7 Å². The van der Waals surface area contributed by atoms with Crippen LogP contribution in [0.5, 0.6) is 0 Å². The maximum absolute atomic E-state index is 12.2. The van der Waals surface area contributed by atoms with E-state index < -0.39 is 16.1 Å². The van der Waals surface area contributed by atoms with Crippen LogP contribution in [0.3, 0.4) is 0 Å². The number of carbonyl (C=O) groups excluding carboxylic acids is 1. The van der Waals surface area contributed by atoms with Gasteiger partial charge >= 0.3 is 0 Å². The van der Waals surface area contributed by atoms with Crippen molar-refractivity contribution in [1.82, 2.24) is 4.90 Å². The number of hydrogen-bond donors (Lipinski definition) is 0. The smallest absolute Gasteiger partial charge is 0.245 e. The monoisotopic (exact) mass is 318 g/mol. The van der Waals surface area contributed by atoms with Crippen molar-refractivity contribution in [3.8, 4) is 0 Å². The Morgan fingerprint density at radius 1 is 1.25 bits per heavy atom. The lowest BCUT2D eigenvalue weighted by Gasteiger charge is -2.31. The molecule has 0 aliphatic rings. The molecular formula is C13H19ClN2O3S. The van der Waals surface area contributed by atoms with E-state index in [0.717, 1.165) is 10.6 Å². The first kappa shape index (κ1) is 16.8. The lowest BCUT2D eigenvalue weighted by Crippen LogP contribution is -2.48. The fourth-order valence-corrected chi connectivity index (χ4v) is 3.26. The number of carbonyl (C=O) groups is 1. The van der Waals surface area contributed by atoms with Crippen LogP contribution >= 0.6 is 11.6 Å². The number of hydrogen-bond acceptors (Lipinski definition) is 3. The second kappa shape index (κ2) is 6.45. The molecule has 0 spiro atoms. The molecule has 1 atom stereocenters. The average molecular weight is 319 g/mol. The maximum Gasteiger partial charge on any atom is 0.245 e. The van der Waals surface area contributed by atoms with Crippen molar-refractivity contribution in [2.24, 2.45) is 0 Å². The second-order valence-electron chi connectivity index (χ2n) is 4.69. The van der Waals surface area contributed by atoms with E-state index in [1.54, 1.807) is 45.3 Å². The third kappa shape index (κ3) is 3.86. The Hall–Kier alpha value is -1.27. The van der Waals surface area contributed by atoms with Crippen molar-refractivity contribution in [3.05, 3.63) is 29.3 Å². The maximum atomic E-state index is 12.2. The average Bonchev–Trinajstić information content (AvgIpc) is 2.35.